The maximum atomic E-state index is 11.5. The predicted molar refractivity (Wildman–Crippen MR) is 82.4 cm³/mol. The second-order valence-electron chi connectivity index (χ2n) is 7.39. The number of piperazine rings is 1. The van der Waals surface area contributed by atoms with Gasteiger partial charge in [-0.3, -0.25) is 10.1 Å². The van der Waals surface area contributed by atoms with Gasteiger partial charge in [-0.05, 0) is 44.9 Å². The summed E-state index contributed by atoms with van der Waals surface area (Å²) in [5.41, 5.74) is -0.758. The zero-order chi connectivity index (χ0) is 14.9. The predicted octanol–water partition coefficient (Wildman–Crippen LogP) is 0.999. The first-order chi connectivity index (χ1) is 10.0. The summed E-state index contributed by atoms with van der Waals surface area (Å²) >= 11 is 0. The summed E-state index contributed by atoms with van der Waals surface area (Å²) in [6, 6.07) is 0.432. The third-order valence-electron chi connectivity index (χ3n) is 5.18. The highest BCUT2D eigenvalue weighted by Crippen LogP contribution is 2.30. The molecular formula is C16H29N3O2. The molecule has 1 heterocycles. The second kappa shape index (κ2) is 6.23. The Balaban J connectivity index is 1.40. The van der Waals surface area contributed by atoms with Crippen molar-refractivity contribution in [2.24, 2.45) is 5.92 Å². The Labute approximate surface area is 127 Å². The summed E-state index contributed by atoms with van der Waals surface area (Å²) in [5, 5.41) is 12.8. The van der Waals surface area contributed by atoms with Crippen LogP contribution in [0.5, 0.6) is 0 Å². The molecule has 1 atom stereocenters. The molecule has 2 aliphatic carbocycles. The summed E-state index contributed by atoms with van der Waals surface area (Å²) in [6.45, 7) is 8.49. The van der Waals surface area contributed by atoms with E-state index in [1.165, 1.54) is 19.4 Å². The molecule has 0 bridgehead atoms. The molecule has 3 aliphatic rings. The van der Waals surface area contributed by atoms with Crippen LogP contribution in [0, 0.1) is 5.92 Å². The number of carboxylic acid groups (broad SMARTS) is 1. The van der Waals surface area contributed by atoms with Gasteiger partial charge in [0.05, 0.1) is 0 Å². The van der Waals surface area contributed by atoms with Crippen LogP contribution in [-0.4, -0.2) is 71.7 Å². The van der Waals surface area contributed by atoms with E-state index in [1.54, 1.807) is 0 Å². The van der Waals surface area contributed by atoms with E-state index >= 15 is 0 Å². The lowest BCUT2D eigenvalue weighted by Gasteiger charge is -2.36. The molecule has 2 N–H and O–H groups in total. The second-order valence-corrected chi connectivity index (χ2v) is 7.39. The van der Waals surface area contributed by atoms with Crippen molar-refractivity contribution >= 4 is 5.97 Å². The van der Waals surface area contributed by atoms with E-state index in [0.29, 0.717) is 12.5 Å². The molecule has 0 amide bonds. The summed E-state index contributed by atoms with van der Waals surface area (Å²) in [6.07, 6.45) is 5.79. The number of nitrogens with zero attached hydrogens (tertiary/aromatic N) is 2. The molecule has 0 aromatic heterocycles. The molecule has 1 aliphatic heterocycles. The number of aliphatic carboxylic acids is 1. The molecule has 2 saturated carbocycles. The maximum absolute atomic E-state index is 11.5. The summed E-state index contributed by atoms with van der Waals surface area (Å²) in [7, 11) is 0. The zero-order valence-electron chi connectivity index (χ0n) is 13.2. The van der Waals surface area contributed by atoms with E-state index in [2.05, 4.69) is 15.1 Å². The highest BCUT2D eigenvalue weighted by molar-refractivity contribution is 5.78. The van der Waals surface area contributed by atoms with E-state index in [4.69, 9.17) is 0 Å². The average Bonchev–Trinajstić information content (AvgIpc) is 3.34. The minimum absolute atomic E-state index is 0.432. The van der Waals surface area contributed by atoms with Gasteiger partial charge in [-0.1, -0.05) is 0 Å². The van der Waals surface area contributed by atoms with Crippen molar-refractivity contribution < 1.29 is 9.90 Å². The summed E-state index contributed by atoms with van der Waals surface area (Å²) in [4.78, 5) is 16.6. The maximum Gasteiger partial charge on any atom is 0.323 e. The van der Waals surface area contributed by atoms with Crippen molar-refractivity contribution in [3.63, 3.8) is 0 Å². The fraction of sp³-hybridized carbons (Fsp3) is 0.938. The highest BCUT2D eigenvalue weighted by atomic mass is 16.4. The standard InChI is InChI=1S/C16H29N3O2/c1-16(15(20)21,17-14-4-5-14)6-7-18-8-10-19(11-9-18)12-13-2-3-13/h13-14,17H,2-12H2,1H3,(H,20,21). The molecule has 5 nitrogen and oxygen atoms in total. The molecule has 1 saturated heterocycles. The Kier molecular flexibility index (Phi) is 4.52. The monoisotopic (exact) mass is 295 g/mol. The highest BCUT2D eigenvalue weighted by Gasteiger charge is 2.38. The molecule has 0 aromatic rings. The van der Waals surface area contributed by atoms with Crippen molar-refractivity contribution in [1.82, 2.24) is 15.1 Å². The van der Waals surface area contributed by atoms with Crippen LogP contribution >= 0.6 is 0 Å². The molecular weight excluding hydrogens is 266 g/mol. The van der Waals surface area contributed by atoms with Crippen molar-refractivity contribution in [1.29, 1.82) is 0 Å². The Morgan fingerprint density at radius 2 is 1.76 bits per heavy atom. The van der Waals surface area contributed by atoms with E-state index in [-0.39, 0.29) is 0 Å². The van der Waals surface area contributed by atoms with Gasteiger partial charge in [0.1, 0.15) is 5.54 Å². The fourth-order valence-corrected chi connectivity index (χ4v) is 3.16. The molecule has 120 valence electrons. The fourth-order valence-electron chi connectivity index (χ4n) is 3.16. The molecule has 5 heteroatoms. The van der Waals surface area contributed by atoms with Crippen LogP contribution in [0.25, 0.3) is 0 Å². The third-order valence-corrected chi connectivity index (χ3v) is 5.18. The molecule has 3 rings (SSSR count). The quantitative estimate of drug-likeness (QED) is 0.700. The normalized spacial score (nSPS) is 27.5. The smallest absolute Gasteiger partial charge is 0.323 e. The number of carbonyl (C=O) groups is 1. The Morgan fingerprint density at radius 1 is 1.14 bits per heavy atom. The van der Waals surface area contributed by atoms with Gasteiger partial charge in [0, 0.05) is 45.3 Å². The Morgan fingerprint density at radius 3 is 2.29 bits per heavy atom. The SMILES string of the molecule is CC(CCN1CCN(CC2CC2)CC1)(NC1CC1)C(=O)O. The van der Waals surface area contributed by atoms with Gasteiger partial charge >= 0.3 is 5.97 Å². The average molecular weight is 295 g/mol. The zero-order valence-corrected chi connectivity index (χ0v) is 13.2. The van der Waals surface area contributed by atoms with Crippen LogP contribution in [0.1, 0.15) is 39.0 Å². The van der Waals surface area contributed by atoms with Crippen LogP contribution in [0.15, 0.2) is 0 Å². The first kappa shape index (κ1) is 15.3. The van der Waals surface area contributed by atoms with Crippen LogP contribution in [0.2, 0.25) is 0 Å². The topological polar surface area (TPSA) is 55.8 Å². The van der Waals surface area contributed by atoms with Gasteiger partial charge in [-0.15, -0.1) is 0 Å². The molecule has 1 unspecified atom stereocenters. The third kappa shape index (κ3) is 4.41. The molecule has 0 spiro atoms. The first-order valence-corrected chi connectivity index (χ1v) is 8.51. The lowest BCUT2D eigenvalue weighted by molar-refractivity contribution is -0.144. The van der Waals surface area contributed by atoms with Crippen LogP contribution in [0.4, 0.5) is 0 Å². The van der Waals surface area contributed by atoms with Crippen LogP contribution in [-0.2, 0) is 4.79 Å². The minimum atomic E-state index is -0.758. The van der Waals surface area contributed by atoms with Gasteiger partial charge in [0.2, 0.25) is 0 Å². The van der Waals surface area contributed by atoms with Crippen molar-refractivity contribution in [3.05, 3.63) is 0 Å². The molecule has 0 aromatic carbocycles. The van der Waals surface area contributed by atoms with Crippen molar-refractivity contribution in [3.8, 4) is 0 Å². The van der Waals surface area contributed by atoms with Gasteiger partial charge in [-0.25, -0.2) is 0 Å². The van der Waals surface area contributed by atoms with Crippen LogP contribution < -0.4 is 5.32 Å². The minimum Gasteiger partial charge on any atom is -0.480 e. The molecule has 0 radical (unpaired) electrons. The number of hydrogen-bond acceptors (Lipinski definition) is 4. The van der Waals surface area contributed by atoms with E-state index in [1.807, 2.05) is 6.92 Å². The summed E-state index contributed by atoms with van der Waals surface area (Å²) in [5.74, 6) is 0.261. The first-order valence-electron chi connectivity index (χ1n) is 8.51. The van der Waals surface area contributed by atoms with Gasteiger partial charge in [0.15, 0.2) is 0 Å². The number of carboxylic acids is 1. The van der Waals surface area contributed by atoms with Crippen LogP contribution in [0.3, 0.4) is 0 Å². The van der Waals surface area contributed by atoms with Crippen molar-refractivity contribution in [2.45, 2.75) is 50.6 Å². The van der Waals surface area contributed by atoms with E-state index < -0.39 is 11.5 Å². The van der Waals surface area contributed by atoms with Gasteiger partial charge in [0.25, 0.3) is 0 Å². The Bertz CT molecular complexity index is 374. The Hall–Kier alpha value is -0.650. The largest absolute Gasteiger partial charge is 0.480 e. The molecule has 21 heavy (non-hydrogen) atoms. The van der Waals surface area contributed by atoms with Crippen molar-refractivity contribution in [2.75, 3.05) is 39.3 Å². The van der Waals surface area contributed by atoms with E-state index in [9.17, 15) is 9.90 Å². The lowest BCUT2D eigenvalue weighted by Crippen LogP contribution is -2.54. The summed E-state index contributed by atoms with van der Waals surface area (Å²) < 4.78 is 0. The van der Waals surface area contributed by atoms with Gasteiger partial charge in [-0.2, -0.15) is 0 Å². The van der Waals surface area contributed by atoms with E-state index in [0.717, 1.165) is 51.5 Å². The van der Waals surface area contributed by atoms with Gasteiger partial charge < -0.3 is 14.9 Å². The number of rotatable bonds is 8. The lowest BCUT2D eigenvalue weighted by atomic mass is 9.97. The molecule has 3 fully saturated rings. The number of nitrogens with one attached hydrogen (secondary N) is 1. The number of hydrogen-bond donors (Lipinski definition) is 2.